The Kier molecular flexibility index (Phi) is 4.63. The second-order valence-corrected chi connectivity index (χ2v) is 6.07. The highest BCUT2D eigenvalue weighted by molar-refractivity contribution is 5.94. The number of hydrogen-bond donors (Lipinski definition) is 2. The van der Waals surface area contributed by atoms with Gasteiger partial charge in [0.1, 0.15) is 6.10 Å². The molecule has 23 heavy (non-hydrogen) atoms. The zero-order valence-corrected chi connectivity index (χ0v) is 13.6. The fourth-order valence-electron chi connectivity index (χ4n) is 2.86. The van der Waals surface area contributed by atoms with Gasteiger partial charge < -0.3 is 15.4 Å². The van der Waals surface area contributed by atoms with Gasteiger partial charge in [0.05, 0.1) is 0 Å². The predicted molar refractivity (Wildman–Crippen MR) is 93.2 cm³/mol. The average Bonchev–Trinajstić information content (AvgIpc) is 3.02. The highest BCUT2D eigenvalue weighted by Gasteiger charge is 2.23. The topological polar surface area (TPSA) is 50.4 Å². The molecule has 2 aromatic carbocycles. The molecule has 0 saturated carbocycles. The standard InChI is InChI=1S/C19H22N2O2/c1-13-10-14(2)12-17(11-13)20-15-5-7-16(8-6-15)21-19(22)18-4-3-9-23-18/h5-8,10-12,18,20H,3-4,9H2,1-2H3,(H,21,22). The van der Waals surface area contributed by atoms with E-state index in [1.165, 1.54) is 11.1 Å². The van der Waals surface area contributed by atoms with Gasteiger partial charge in [-0.1, -0.05) is 6.07 Å². The largest absolute Gasteiger partial charge is 0.368 e. The van der Waals surface area contributed by atoms with Crippen molar-refractivity contribution in [3.63, 3.8) is 0 Å². The summed E-state index contributed by atoms with van der Waals surface area (Å²) in [5, 5.41) is 6.29. The Hall–Kier alpha value is -2.33. The summed E-state index contributed by atoms with van der Waals surface area (Å²) < 4.78 is 5.39. The quantitative estimate of drug-likeness (QED) is 0.891. The van der Waals surface area contributed by atoms with E-state index in [2.05, 4.69) is 42.7 Å². The number of nitrogens with one attached hydrogen (secondary N) is 2. The number of hydrogen-bond acceptors (Lipinski definition) is 3. The minimum Gasteiger partial charge on any atom is -0.368 e. The summed E-state index contributed by atoms with van der Waals surface area (Å²) in [6.45, 7) is 4.85. The van der Waals surface area contributed by atoms with Gasteiger partial charge in [-0.2, -0.15) is 0 Å². The van der Waals surface area contributed by atoms with Crippen molar-refractivity contribution in [3.05, 3.63) is 53.6 Å². The van der Waals surface area contributed by atoms with Crippen LogP contribution in [0.25, 0.3) is 0 Å². The van der Waals surface area contributed by atoms with Gasteiger partial charge in [-0.25, -0.2) is 0 Å². The number of anilines is 3. The van der Waals surface area contributed by atoms with E-state index in [4.69, 9.17) is 4.74 Å². The third-order valence-electron chi connectivity index (χ3n) is 3.88. The van der Waals surface area contributed by atoms with Gasteiger partial charge in [0, 0.05) is 23.7 Å². The van der Waals surface area contributed by atoms with Gasteiger partial charge >= 0.3 is 0 Å². The lowest BCUT2D eigenvalue weighted by Gasteiger charge is -2.12. The molecule has 4 heteroatoms. The van der Waals surface area contributed by atoms with Crippen LogP contribution in [0.5, 0.6) is 0 Å². The maximum absolute atomic E-state index is 12.0. The third-order valence-corrected chi connectivity index (χ3v) is 3.88. The van der Waals surface area contributed by atoms with Crippen molar-refractivity contribution in [2.45, 2.75) is 32.8 Å². The number of carbonyl (C=O) groups excluding carboxylic acids is 1. The molecule has 120 valence electrons. The number of carbonyl (C=O) groups is 1. The van der Waals surface area contributed by atoms with E-state index in [1.54, 1.807) is 0 Å². The van der Waals surface area contributed by atoms with Crippen LogP contribution in [-0.2, 0) is 9.53 Å². The van der Waals surface area contributed by atoms with Crippen LogP contribution in [0.4, 0.5) is 17.1 Å². The minimum atomic E-state index is -0.303. The summed E-state index contributed by atoms with van der Waals surface area (Å²) in [7, 11) is 0. The van der Waals surface area contributed by atoms with Crippen LogP contribution in [0.2, 0.25) is 0 Å². The third kappa shape index (κ3) is 4.11. The highest BCUT2D eigenvalue weighted by atomic mass is 16.5. The Morgan fingerprint density at radius 2 is 1.65 bits per heavy atom. The van der Waals surface area contributed by atoms with Gasteiger partial charge in [-0.15, -0.1) is 0 Å². The molecule has 1 aliphatic rings. The molecule has 0 bridgehead atoms. The molecule has 4 nitrogen and oxygen atoms in total. The van der Waals surface area contributed by atoms with Crippen molar-refractivity contribution in [3.8, 4) is 0 Å². The van der Waals surface area contributed by atoms with Crippen LogP contribution >= 0.6 is 0 Å². The fourth-order valence-corrected chi connectivity index (χ4v) is 2.86. The number of rotatable bonds is 4. The zero-order valence-electron chi connectivity index (χ0n) is 13.6. The van der Waals surface area contributed by atoms with Gasteiger partial charge in [0.2, 0.25) is 0 Å². The number of benzene rings is 2. The molecule has 0 radical (unpaired) electrons. The van der Waals surface area contributed by atoms with Crippen molar-refractivity contribution in [1.82, 2.24) is 0 Å². The summed E-state index contributed by atoms with van der Waals surface area (Å²) in [5.74, 6) is -0.0579. The Bertz CT molecular complexity index is 669. The molecule has 1 unspecified atom stereocenters. The van der Waals surface area contributed by atoms with Crippen molar-refractivity contribution < 1.29 is 9.53 Å². The molecule has 1 heterocycles. The first-order chi connectivity index (χ1) is 11.1. The summed E-state index contributed by atoms with van der Waals surface area (Å²) >= 11 is 0. The van der Waals surface area contributed by atoms with E-state index in [1.807, 2.05) is 24.3 Å². The molecule has 1 aliphatic heterocycles. The van der Waals surface area contributed by atoms with Crippen LogP contribution < -0.4 is 10.6 Å². The molecule has 0 aliphatic carbocycles. The van der Waals surface area contributed by atoms with E-state index in [0.29, 0.717) is 6.61 Å². The molecule has 2 N–H and O–H groups in total. The molecule has 1 fully saturated rings. The van der Waals surface area contributed by atoms with Crippen LogP contribution in [0.3, 0.4) is 0 Å². The normalized spacial score (nSPS) is 17.0. The summed E-state index contributed by atoms with van der Waals surface area (Å²) in [5.41, 5.74) is 5.31. The molecule has 3 rings (SSSR count). The Balaban J connectivity index is 1.63. The van der Waals surface area contributed by atoms with Crippen LogP contribution in [0.15, 0.2) is 42.5 Å². The second-order valence-electron chi connectivity index (χ2n) is 6.07. The van der Waals surface area contributed by atoms with Gasteiger partial charge in [-0.3, -0.25) is 4.79 Å². The fraction of sp³-hybridized carbons (Fsp3) is 0.316. The lowest BCUT2D eigenvalue weighted by Crippen LogP contribution is -2.26. The van der Waals surface area contributed by atoms with E-state index < -0.39 is 0 Å². The summed E-state index contributed by atoms with van der Waals surface area (Å²) in [4.78, 5) is 12.0. The van der Waals surface area contributed by atoms with E-state index in [0.717, 1.165) is 29.9 Å². The van der Waals surface area contributed by atoms with Crippen LogP contribution in [0, 0.1) is 13.8 Å². The van der Waals surface area contributed by atoms with Gasteiger partial charge in [-0.05, 0) is 74.2 Å². The number of ether oxygens (including phenoxy) is 1. The molecule has 2 aromatic rings. The number of amides is 1. The molecule has 1 amide bonds. The van der Waals surface area contributed by atoms with Crippen LogP contribution in [0.1, 0.15) is 24.0 Å². The first-order valence-corrected chi connectivity index (χ1v) is 7.98. The molecule has 0 spiro atoms. The molecule has 0 aromatic heterocycles. The van der Waals surface area contributed by atoms with E-state index >= 15 is 0 Å². The second kappa shape index (κ2) is 6.84. The monoisotopic (exact) mass is 310 g/mol. The minimum absolute atomic E-state index is 0.0579. The maximum Gasteiger partial charge on any atom is 0.253 e. The SMILES string of the molecule is Cc1cc(C)cc(Nc2ccc(NC(=O)C3CCCO3)cc2)c1. The smallest absolute Gasteiger partial charge is 0.253 e. The zero-order chi connectivity index (χ0) is 16.2. The maximum atomic E-state index is 12.0. The van der Waals surface area contributed by atoms with Crippen molar-refractivity contribution in [2.75, 3.05) is 17.2 Å². The van der Waals surface area contributed by atoms with Gasteiger partial charge in [0.25, 0.3) is 5.91 Å². The lowest BCUT2D eigenvalue weighted by molar-refractivity contribution is -0.124. The molecular weight excluding hydrogens is 288 g/mol. The van der Waals surface area contributed by atoms with Crippen molar-refractivity contribution in [2.24, 2.45) is 0 Å². The summed E-state index contributed by atoms with van der Waals surface area (Å²) in [6, 6.07) is 14.1. The number of aryl methyl sites for hydroxylation is 2. The van der Waals surface area contributed by atoms with Crippen molar-refractivity contribution >= 4 is 23.0 Å². The summed E-state index contributed by atoms with van der Waals surface area (Å²) in [6.07, 6.45) is 1.46. The predicted octanol–water partition coefficient (Wildman–Crippen LogP) is 4.16. The molecule has 1 saturated heterocycles. The van der Waals surface area contributed by atoms with E-state index in [-0.39, 0.29) is 12.0 Å². The van der Waals surface area contributed by atoms with Gasteiger partial charge in [0.15, 0.2) is 0 Å². The Morgan fingerprint density at radius 3 is 2.26 bits per heavy atom. The molecular formula is C19H22N2O2. The Morgan fingerprint density at radius 1 is 1.00 bits per heavy atom. The van der Waals surface area contributed by atoms with Crippen molar-refractivity contribution in [1.29, 1.82) is 0 Å². The van der Waals surface area contributed by atoms with Crippen LogP contribution in [-0.4, -0.2) is 18.6 Å². The molecule has 1 atom stereocenters. The first-order valence-electron chi connectivity index (χ1n) is 7.98. The Labute approximate surface area is 136 Å². The average molecular weight is 310 g/mol. The lowest BCUT2D eigenvalue weighted by atomic mass is 10.1. The van der Waals surface area contributed by atoms with E-state index in [9.17, 15) is 4.79 Å². The first kappa shape index (κ1) is 15.6. The highest BCUT2D eigenvalue weighted by Crippen LogP contribution is 2.22.